The van der Waals surface area contributed by atoms with E-state index in [0.717, 1.165) is 10.6 Å². The summed E-state index contributed by atoms with van der Waals surface area (Å²) in [5.74, 6) is 1.12. The lowest BCUT2D eigenvalue weighted by Crippen LogP contribution is -3.11. The minimum absolute atomic E-state index is 0.140. The number of methoxy groups -OCH3 is 1. The Hall–Kier alpha value is -2.80. The maximum absolute atomic E-state index is 12.1. The molecule has 0 saturated carbocycles. The van der Waals surface area contributed by atoms with Gasteiger partial charge in [-0.05, 0) is 43.3 Å². The molecule has 0 spiro atoms. The second kappa shape index (κ2) is 8.89. The van der Waals surface area contributed by atoms with Crippen LogP contribution in [0.2, 0.25) is 0 Å². The Morgan fingerprint density at radius 3 is 2.44 bits per heavy atom. The summed E-state index contributed by atoms with van der Waals surface area (Å²) in [4.78, 5) is 24.9. The van der Waals surface area contributed by atoms with Gasteiger partial charge in [-0.3, -0.25) is 9.59 Å². The number of hydrogen-bond acceptors (Lipinski definition) is 4. The standard InChI is InChI=1S/C18H23N3O4/c1-13(16-5-4-10-25-16)19-17(22)11-21(2)12-18(23)20-14-6-8-15(24-3)9-7-14/h4-10,13H,11-12H2,1-3H3,(H,19,22)(H,20,23)/p+1/t13-/m1/s1. The lowest BCUT2D eigenvalue weighted by Gasteiger charge is -2.16. The average molecular weight is 346 g/mol. The third kappa shape index (κ3) is 5.96. The fourth-order valence-corrected chi connectivity index (χ4v) is 2.39. The molecule has 3 N–H and O–H groups in total. The van der Waals surface area contributed by atoms with Crippen LogP contribution in [0.3, 0.4) is 0 Å². The molecule has 2 atom stereocenters. The summed E-state index contributed by atoms with van der Waals surface area (Å²) < 4.78 is 10.3. The van der Waals surface area contributed by atoms with Gasteiger partial charge in [0, 0.05) is 5.69 Å². The topological polar surface area (TPSA) is 85.0 Å². The summed E-state index contributed by atoms with van der Waals surface area (Å²) in [7, 11) is 3.38. The van der Waals surface area contributed by atoms with Gasteiger partial charge in [-0.25, -0.2) is 0 Å². The van der Waals surface area contributed by atoms with Crippen LogP contribution in [0, 0.1) is 0 Å². The molecule has 7 heteroatoms. The maximum Gasteiger partial charge on any atom is 0.279 e. The van der Waals surface area contributed by atoms with Gasteiger partial charge < -0.3 is 24.7 Å². The molecule has 0 aliphatic rings. The van der Waals surface area contributed by atoms with Crippen molar-refractivity contribution < 1.29 is 23.6 Å². The van der Waals surface area contributed by atoms with E-state index < -0.39 is 0 Å². The van der Waals surface area contributed by atoms with Gasteiger partial charge in [0.15, 0.2) is 13.1 Å². The number of benzene rings is 1. The first-order valence-corrected chi connectivity index (χ1v) is 8.06. The first-order chi connectivity index (χ1) is 12.0. The molecule has 0 bridgehead atoms. The summed E-state index contributed by atoms with van der Waals surface area (Å²) in [5.41, 5.74) is 0.689. The predicted molar refractivity (Wildman–Crippen MR) is 93.5 cm³/mol. The number of quaternary nitrogens is 1. The van der Waals surface area contributed by atoms with Crippen molar-refractivity contribution in [2.75, 3.05) is 32.6 Å². The lowest BCUT2D eigenvalue weighted by atomic mass is 10.2. The van der Waals surface area contributed by atoms with E-state index in [1.165, 1.54) is 0 Å². The van der Waals surface area contributed by atoms with Crippen LogP contribution >= 0.6 is 0 Å². The summed E-state index contributed by atoms with van der Waals surface area (Å²) in [5, 5.41) is 5.65. The van der Waals surface area contributed by atoms with E-state index in [9.17, 15) is 9.59 Å². The molecule has 2 aromatic rings. The molecule has 134 valence electrons. The molecule has 1 aromatic heterocycles. The molecule has 1 heterocycles. The summed E-state index contributed by atoms with van der Waals surface area (Å²) in [6.45, 7) is 2.23. The number of ether oxygens (including phenoxy) is 1. The van der Waals surface area contributed by atoms with Gasteiger partial charge in [0.2, 0.25) is 0 Å². The smallest absolute Gasteiger partial charge is 0.279 e. The minimum Gasteiger partial charge on any atom is -0.497 e. The van der Waals surface area contributed by atoms with E-state index >= 15 is 0 Å². The van der Waals surface area contributed by atoms with Crippen molar-refractivity contribution in [1.82, 2.24) is 5.32 Å². The van der Waals surface area contributed by atoms with Crippen LogP contribution in [0.1, 0.15) is 18.7 Å². The maximum atomic E-state index is 12.1. The predicted octanol–water partition coefficient (Wildman–Crippen LogP) is 0.619. The number of anilines is 1. The SMILES string of the molecule is COc1ccc(NC(=O)C[NH+](C)CC(=O)N[C@H](C)c2ccco2)cc1. The largest absolute Gasteiger partial charge is 0.497 e. The van der Waals surface area contributed by atoms with Crippen LogP contribution in [-0.2, 0) is 9.59 Å². The number of amides is 2. The Morgan fingerprint density at radius 2 is 1.84 bits per heavy atom. The van der Waals surface area contributed by atoms with E-state index in [1.54, 1.807) is 50.8 Å². The fraction of sp³-hybridized carbons (Fsp3) is 0.333. The zero-order chi connectivity index (χ0) is 18.2. The molecule has 0 saturated heterocycles. The normalized spacial score (nSPS) is 12.9. The zero-order valence-electron chi connectivity index (χ0n) is 14.7. The highest BCUT2D eigenvalue weighted by atomic mass is 16.5. The number of rotatable bonds is 8. The molecule has 1 unspecified atom stereocenters. The first-order valence-electron chi connectivity index (χ1n) is 8.06. The molecule has 0 fully saturated rings. The Kier molecular flexibility index (Phi) is 6.59. The highest BCUT2D eigenvalue weighted by molar-refractivity contribution is 5.91. The van der Waals surface area contributed by atoms with Crippen LogP contribution in [0.25, 0.3) is 0 Å². The Balaban J connectivity index is 1.75. The molecule has 0 aliphatic carbocycles. The van der Waals surface area contributed by atoms with Gasteiger partial charge in [0.1, 0.15) is 11.5 Å². The van der Waals surface area contributed by atoms with Crippen LogP contribution in [0.5, 0.6) is 5.75 Å². The van der Waals surface area contributed by atoms with E-state index in [0.29, 0.717) is 11.4 Å². The van der Waals surface area contributed by atoms with Crippen LogP contribution < -0.4 is 20.3 Å². The van der Waals surface area contributed by atoms with Crippen LogP contribution in [0.15, 0.2) is 47.1 Å². The Morgan fingerprint density at radius 1 is 1.16 bits per heavy atom. The molecule has 2 rings (SSSR count). The first kappa shape index (κ1) is 18.5. The van der Waals surface area contributed by atoms with Gasteiger partial charge in [-0.2, -0.15) is 0 Å². The molecular formula is C18H24N3O4+. The van der Waals surface area contributed by atoms with Crippen molar-refractivity contribution >= 4 is 17.5 Å². The average Bonchev–Trinajstić information content (AvgIpc) is 3.09. The molecule has 25 heavy (non-hydrogen) atoms. The van der Waals surface area contributed by atoms with Crippen molar-refractivity contribution in [2.45, 2.75) is 13.0 Å². The van der Waals surface area contributed by atoms with E-state index in [2.05, 4.69) is 10.6 Å². The third-order valence-corrected chi connectivity index (χ3v) is 3.65. The minimum atomic E-state index is -0.205. The third-order valence-electron chi connectivity index (χ3n) is 3.65. The zero-order valence-corrected chi connectivity index (χ0v) is 14.7. The monoisotopic (exact) mass is 346 g/mol. The van der Waals surface area contributed by atoms with Crippen molar-refractivity contribution in [2.24, 2.45) is 0 Å². The number of nitrogens with one attached hydrogen (secondary N) is 3. The second-order valence-corrected chi connectivity index (χ2v) is 5.89. The van der Waals surface area contributed by atoms with Crippen molar-refractivity contribution in [3.63, 3.8) is 0 Å². The van der Waals surface area contributed by atoms with Crippen molar-refractivity contribution in [3.05, 3.63) is 48.4 Å². The van der Waals surface area contributed by atoms with E-state index in [4.69, 9.17) is 9.15 Å². The lowest BCUT2D eigenvalue weighted by molar-refractivity contribution is -0.862. The number of hydrogen-bond donors (Lipinski definition) is 3. The Labute approximate surface area is 146 Å². The molecule has 0 aliphatic heterocycles. The quantitative estimate of drug-likeness (QED) is 0.654. The summed E-state index contributed by atoms with van der Waals surface area (Å²) in [6.07, 6.45) is 1.57. The van der Waals surface area contributed by atoms with Gasteiger partial charge in [-0.1, -0.05) is 0 Å². The van der Waals surface area contributed by atoms with E-state index in [1.807, 2.05) is 13.0 Å². The van der Waals surface area contributed by atoms with Crippen molar-refractivity contribution in [1.29, 1.82) is 0 Å². The highest BCUT2D eigenvalue weighted by Gasteiger charge is 2.17. The number of furan rings is 1. The molecule has 0 radical (unpaired) electrons. The molecule has 7 nitrogen and oxygen atoms in total. The van der Waals surface area contributed by atoms with Gasteiger partial charge in [0.05, 0.1) is 26.5 Å². The summed E-state index contributed by atoms with van der Waals surface area (Å²) in [6, 6.07) is 10.5. The number of carbonyl (C=O) groups excluding carboxylic acids is 2. The molecular weight excluding hydrogens is 322 g/mol. The summed E-state index contributed by atoms with van der Waals surface area (Å²) >= 11 is 0. The highest BCUT2D eigenvalue weighted by Crippen LogP contribution is 2.14. The van der Waals surface area contributed by atoms with Crippen molar-refractivity contribution in [3.8, 4) is 5.75 Å². The Bertz CT molecular complexity index is 683. The van der Waals surface area contributed by atoms with Gasteiger partial charge >= 0.3 is 0 Å². The molecule has 2 amide bonds. The number of carbonyl (C=O) groups is 2. The van der Waals surface area contributed by atoms with Gasteiger partial charge in [0.25, 0.3) is 11.8 Å². The second-order valence-electron chi connectivity index (χ2n) is 5.89. The van der Waals surface area contributed by atoms with Crippen LogP contribution in [-0.4, -0.2) is 39.1 Å². The fourth-order valence-electron chi connectivity index (χ4n) is 2.39. The van der Waals surface area contributed by atoms with E-state index in [-0.39, 0.29) is 30.9 Å². The van der Waals surface area contributed by atoms with Crippen LogP contribution in [0.4, 0.5) is 5.69 Å². The number of likely N-dealkylation sites (N-methyl/N-ethyl adjacent to an activating group) is 1. The molecule has 1 aromatic carbocycles. The van der Waals surface area contributed by atoms with Gasteiger partial charge in [-0.15, -0.1) is 0 Å².